The van der Waals surface area contributed by atoms with Gasteiger partial charge in [-0.2, -0.15) is 0 Å². The predicted molar refractivity (Wildman–Crippen MR) is 94.1 cm³/mol. The Kier molecular flexibility index (Phi) is 8.21. The van der Waals surface area contributed by atoms with Crippen LogP contribution >= 0.6 is 0 Å². The van der Waals surface area contributed by atoms with Gasteiger partial charge in [0, 0.05) is 0 Å². The number of unbranched alkanes of at least 4 members (excludes halogenated alkanes) is 2. The summed E-state index contributed by atoms with van der Waals surface area (Å²) in [5.74, 6) is 0. The van der Waals surface area contributed by atoms with Crippen LogP contribution in [-0.2, 0) is 9.16 Å². The van der Waals surface area contributed by atoms with E-state index in [4.69, 9.17) is 9.16 Å². The first kappa shape index (κ1) is 18.9. The molecule has 0 aromatic carbocycles. The first-order valence-electron chi connectivity index (χ1n) is 8.95. The van der Waals surface area contributed by atoms with E-state index in [2.05, 4.69) is 53.3 Å². The molecule has 0 amide bonds. The number of hydrogen-bond acceptors (Lipinski definition) is 2. The third kappa shape index (κ3) is 5.54. The summed E-state index contributed by atoms with van der Waals surface area (Å²) in [5.41, 5.74) is 3.69. The number of ether oxygens (including phenoxy) is 1. The van der Waals surface area contributed by atoms with Crippen LogP contribution < -0.4 is 0 Å². The summed E-state index contributed by atoms with van der Waals surface area (Å²) in [6.45, 7) is 14.6. The van der Waals surface area contributed by atoms with E-state index in [9.17, 15) is 0 Å². The molecule has 2 atom stereocenters. The minimum Gasteiger partial charge on any atom is -0.410 e. The van der Waals surface area contributed by atoms with Gasteiger partial charge in [-0.3, -0.25) is 0 Å². The molecule has 0 N–H and O–H groups in total. The maximum absolute atomic E-state index is 6.56. The number of epoxide rings is 1. The summed E-state index contributed by atoms with van der Waals surface area (Å²) in [5, 5.41) is 0. The van der Waals surface area contributed by atoms with Gasteiger partial charge in [-0.15, -0.1) is 0 Å². The maximum Gasteiger partial charge on any atom is 0.221 e. The molecule has 21 heavy (non-hydrogen) atoms. The molecule has 124 valence electrons. The fourth-order valence-electron chi connectivity index (χ4n) is 3.11. The number of allylic oxidation sites excluding steroid dienone is 1. The van der Waals surface area contributed by atoms with Crippen molar-refractivity contribution < 1.29 is 9.16 Å². The summed E-state index contributed by atoms with van der Waals surface area (Å²) in [6.07, 6.45) is 9.31. The average Bonchev–Trinajstić information content (AvgIpc) is 3.16. The molecule has 0 bridgehead atoms. The molecule has 0 aromatic heterocycles. The van der Waals surface area contributed by atoms with Crippen LogP contribution in [0, 0.1) is 0 Å². The quantitative estimate of drug-likeness (QED) is 0.280. The first-order chi connectivity index (χ1) is 9.97. The van der Waals surface area contributed by atoms with E-state index in [-0.39, 0.29) is 0 Å². The molecule has 2 nitrogen and oxygen atoms in total. The molecule has 0 saturated carbocycles. The topological polar surface area (TPSA) is 21.8 Å². The minimum atomic E-state index is -1.84. The van der Waals surface area contributed by atoms with Gasteiger partial charge in [0.05, 0.1) is 12.7 Å². The molecule has 1 rings (SSSR count). The Morgan fingerprint density at radius 3 is 2.24 bits per heavy atom. The molecule has 0 aliphatic carbocycles. The van der Waals surface area contributed by atoms with Crippen LogP contribution in [0.25, 0.3) is 0 Å². The van der Waals surface area contributed by atoms with Crippen molar-refractivity contribution in [1.29, 1.82) is 0 Å². The van der Waals surface area contributed by atoms with Crippen molar-refractivity contribution in [2.24, 2.45) is 0 Å². The summed E-state index contributed by atoms with van der Waals surface area (Å²) in [7, 11) is -1.84. The summed E-state index contributed by atoms with van der Waals surface area (Å²) in [4.78, 5) is 0. The van der Waals surface area contributed by atoms with Gasteiger partial charge in [0.1, 0.15) is 6.10 Å². The van der Waals surface area contributed by atoms with Crippen molar-refractivity contribution in [2.45, 2.75) is 96.9 Å². The lowest BCUT2D eigenvalue weighted by Crippen LogP contribution is -2.44. The Bertz CT molecular complexity index is 304. The van der Waals surface area contributed by atoms with Gasteiger partial charge < -0.3 is 9.16 Å². The van der Waals surface area contributed by atoms with Gasteiger partial charge in [0.15, 0.2) is 0 Å². The van der Waals surface area contributed by atoms with Gasteiger partial charge in [0.25, 0.3) is 0 Å². The zero-order valence-electron chi connectivity index (χ0n) is 15.0. The lowest BCUT2D eigenvalue weighted by Gasteiger charge is -2.36. The molecule has 1 heterocycles. The molecular formula is C18H36O2Si. The third-order valence-corrected chi connectivity index (χ3v) is 9.70. The second-order valence-corrected chi connectivity index (χ2v) is 11.7. The highest BCUT2D eigenvalue weighted by molar-refractivity contribution is 6.81. The number of hydrogen-bond donors (Lipinski definition) is 0. The molecule has 0 aromatic rings. The van der Waals surface area contributed by atoms with Crippen molar-refractivity contribution in [3.63, 3.8) is 0 Å². The highest BCUT2D eigenvalue weighted by atomic mass is 28.4. The fourth-order valence-corrected chi connectivity index (χ4v) is 6.97. The van der Waals surface area contributed by atoms with Crippen LogP contribution in [0.15, 0.2) is 11.8 Å². The molecule has 1 aliphatic heterocycles. The molecule has 0 spiro atoms. The van der Waals surface area contributed by atoms with E-state index in [1.807, 2.05) is 0 Å². The second-order valence-electron chi connectivity index (χ2n) is 7.02. The Labute approximate surface area is 133 Å². The molecule has 1 fully saturated rings. The van der Waals surface area contributed by atoms with Gasteiger partial charge in [-0.05, 0) is 23.9 Å². The summed E-state index contributed by atoms with van der Waals surface area (Å²) < 4.78 is 12.3. The van der Waals surface area contributed by atoms with E-state index >= 15 is 0 Å². The predicted octanol–water partition coefficient (Wildman–Crippen LogP) is 5.62. The van der Waals surface area contributed by atoms with Crippen LogP contribution in [-0.4, -0.2) is 27.1 Å². The molecule has 1 saturated heterocycles. The van der Waals surface area contributed by atoms with Gasteiger partial charge >= 0.3 is 0 Å². The van der Waals surface area contributed by atoms with E-state index < -0.39 is 8.32 Å². The summed E-state index contributed by atoms with van der Waals surface area (Å²) in [6, 6.07) is 0. The van der Waals surface area contributed by atoms with Crippen molar-refractivity contribution in [1.82, 2.24) is 0 Å². The Morgan fingerprint density at radius 1 is 1.05 bits per heavy atom. The van der Waals surface area contributed by atoms with Gasteiger partial charge in [-0.1, -0.05) is 72.6 Å². The van der Waals surface area contributed by atoms with Crippen molar-refractivity contribution >= 4 is 8.32 Å². The second kappa shape index (κ2) is 9.11. The molecule has 0 unspecified atom stereocenters. The largest absolute Gasteiger partial charge is 0.410 e. The van der Waals surface area contributed by atoms with E-state index in [1.165, 1.54) is 32.1 Å². The van der Waals surface area contributed by atoms with Crippen LogP contribution in [0.1, 0.15) is 73.6 Å². The molecular weight excluding hydrogens is 276 g/mol. The Balaban J connectivity index is 2.61. The zero-order chi connectivity index (χ0) is 15.9. The lowest BCUT2D eigenvalue weighted by atomic mass is 10.2. The van der Waals surface area contributed by atoms with Crippen molar-refractivity contribution in [3.8, 4) is 0 Å². The molecule has 1 aliphatic rings. The fraction of sp³-hybridized carbons (Fsp3) is 0.889. The van der Waals surface area contributed by atoms with Crippen molar-refractivity contribution in [2.75, 3.05) is 6.61 Å². The third-order valence-electron chi connectivity index (χ3n) is 4.67. The van der Waals surface area contributed by atoms with Gasteiger partial charge in [-0.25, -0.2) is 0 Å². The highest BCUT2D eigenvalue weighted by Gasteiger charge is 2.44. The first-order valence-corrected chi connectivity index (χ1v) is 11.1. The highest BCUT2D eigenvalue weighted by Crippen LogP contribution is 2.37. The minimum absolute atomic E-state index is 0.360. The average molecular weight is 313 g/mol. The number of rotatable bonds is 11. The summed E-state index contributed by atoms with van der Waals surface area (Å²) >= 11 is 0. The van der Waals surface area contributed by atoms with Crippen LogP contribution in [0.5, 0.6) is 0 Å². The SMILES string of the molecule is CCCC/C=C/[Si](OC[C@@H]1O[C@H]1CCC)(C(C)C)C(C)C. The molecule has 0 radical (unpaired) electrons. The van der Waals surface area contributed by atoms with Gasteiger partial charge in [0.2, 0.25) is 8.32 Å². The Hall–Kier alpha value is -0.123. The standard InChI is InChI=1S/C18H36O2Si/c1-7-9-10-11-13-21(15(3)4,16(5)6)19-14-18-17(20-18)12-8-2/h11,13,15-18H,7-10,12,14H2,1-6H3/b13-11+/t17-,18-/m0/s1. The maximum atomic E-state index is 6.56. The van der Waals surface area contributed by atoms with Crippen LogP contribution in [0.2, 0.25) is 11.1 Å². The Morgan fingerprint density at radius 2 is 1.71 bits per heavy atom. The van der Waals surface area contributed by atoms with E-state index in [0.29, 0.717) is 23.3 Å². The monoisotopic (exact) mass is 312 g/mol. The van der Waals surface area contributed by atoms with Crippen molar-refractivity contribution in [3.05, 3.63) is 11.8 Å². The van der Waals surface area contributed by atoms with E-state index in [0.717, 1.165) is 6.61 Å². The van der Waals surface area contributed by atoms with Crippen LogP contribution in [0.4, 0.5) is 0 Å². The molecule has 3 heteroatoms. The normalized spacial score (nSPS) is 22.7. The van der Waals surface area contributed by atoms with E-state index in [1.54, 1.807) is 0 Å². The van der Waals surface area contributed by atoms with Crippen LogP contribution in [0.3, 0.4) is 0 Å². The lowest BCUT2D eigenvalue weighted by molar-refractivity contribution is 0.244. The smallest absolute Gasteiger partial charge is 0.221 e. The zero-order valence-corrected chi connectivity index (χ0v) is 16.0.